The molecule has 0 heterocycles. The quantitative estimate of drug-likeness (QED) is 0.0872. The Morgan fingerprint density at radius 2 is 0.818 bits per heavy atom. The fourth-order valence-electron chi connectivity index (χ4n) is 6.31. The molecule has 0 spiro atoms. The highest BCUT2D eigenvalue weighted by atomic mass is 28.4. The van der Waals surface area contributed by atoms with Gasteiger partial charge in [-0.25, -0.2) is 0 Å². The Kier molecular flexibility index (Phi) is 16.7. The first-order chi connectivity index (χ1) is 20.8. The number of carboxylic acids is 2. The summed E-state index contributed by atoms with van der Waals surface area (Å²) in [4.78, 5) is 51.9. The minimum atomic E-state index is -2.96. The first-order valence-electron chi connectivity index (χ1n) is 15.6. The lowest BCUT2D eigenvalue weighted by Gasteiger charge is -2.59. The summed E-state index contributed by atoms with van der Waals surface area (Å²) in [6.45, 7) is 16.1. The van der Waals surface area contributed by atoms with Crippen LogP contribution in [-0.2, 0) is 45.7 Å². The van der Waals surface area contributed by atoms with Gasteiger partial charge in [-0.05, 0) is 68.2 Å². The zero-order chi connectivity index (χ0) is 33.6. The van der Waals surface area contributed by atoms with Gasteiger partial charge in [0.1, 0.15) is 0 Å². The highest BCUT2D eigenvalue weighted by Crippen LogP contribution is 2.64. The predicted octanol–water partition coefficient (Wildman–Crippen LogP) is 2.52. The Balaban J connectivity index is 3.03. The predicted molar refractivity (Wildman–Crippen MR) is 165 cm³/mol. The van der Waals surface area contributed by atoms with Crippen molar-refractivity contribution in [3.63, 3.8) is 0 Å². The molecule has 256 valence electrons. The van der Waals surface area contributed by atoms with E-state index in [0.717, 1.165) is 0 Å². The number of carbonyl (C=O) groups is 4. The maximum absolute atomic E-state index is 13.4. The molecule has 1 fully saturated rings. The van der Waals surface area contributed by atoms with Crippen molar-refractivity contribution in [2.75, 3.05) is 52.7 Å². The third-order valence-corrected chi connectivity index (χ3v) is 14.3. The van der Waals surface area contributed by atoms with Gasteiger partial charge in [-0.2, -0.15) is 0 Å². The average molecular weight is 667 g/mol. The summed E-state index contributed by atoms with van der Waals surface area (Å²) in [7, 11) is -5.93. The summed E-state index contributed by atoms with van der Waals surface area (Å²) in [6.07, 6.45) is 0.802. The summed E-state index contributed by atoms with van der Waals surface area (Å²) in [5, 5.41) is 25.8. The lowest BCUT2D eigenvalue weighted by Crippen LogP contribution is -2.75. The molecule has 1 aliphatic carbocycles. The van der Waals surface area contributed by atoms with Crippen molar-refractivity contribution in [1.82, 2.24) is 10.6 Å². The molecule has 2 amide bonds. The summed E-state index contributed by atoms with van der Waals surface area (Å²) < 4.78 is 35.0. The SMILES string of the molecule is CCO[Si](CCCNC(=O)C1C(C)(C(=O)O)C(C(=O)NCCC[Si](OCC)(OCC)OCC)C1(C)C(=O)O)(OCC)OCC. The van der Waals surface area contributed by atoms with Gasteiger partial charge < -0.3 is 47.4 Å². The second-order valence-electron chi connectivity index (χ2n) is 10.8. The number of hydrogen-bond donors (Lipinski definition) is 4. The van der Waals surface area contributed by atoms with Gasteiger partial charge in [0.25, 0.3) is 0 Å². The lowest BCUT2D eigenvalue weighted by molar-refractivity contribution is -0.219. The zero-order valence-corrected chi connectivity index (χ0v) is 29.6. The van der Waals surface area contributed by atoms with Crippen LogP contribution in [0.4, 0.5) is 0 Å². The van der Waals surface area contributed by atoms with Crippen molar-refractivity contribution in [3.8, 4) is 0 Å². The van der Waals surface area contributed by atoms with E-state index in [1.165, 1.54) is 13.8 Å². The van der Waals surface area contributed by atoms with Gasteiger partial charge in [-0.3, -0.25) is 19.2 Å². The van der Waals surface area contributed by atoms with Crippen LogP contribution >= 0.6 is 0 Å². The second kappa shape index (κ2) is 18.3. The first kappa shape index (κ1) is 40.1. The number of carbonyl (C=O) groups excluding carboxylic acids is 2. The van der Waals surface area contributed by atoms with E-state index in [0.29, 0.717) is 64.6 Å². The van der Waals surface area contributed by atoms with Crippen molar-refractivity contribution in [2.45, 2.75) is 80.3 Å². The molecule has 0 aromatic heterocycles. The molecular weight excluding hydrogens is 612 g/mol. The summed E-state index contributed by atoms with van der Waals surface area (Å²) in [6, 6.07) is 0.815. The lowest BCUT2D eigenvalue weighted by atomic mass is 9.39. The maximum Gasteiger partial charge on any atom is 0.500 e. The molecule has 14 nitrogen and oxygen atoms in total. The van der Waals surface area contributed by atoms with Gasteiger partial charge in [0.2, 0.25) is 11.8 Å². The summed E-state index contributed by atoms with van der Waals surface area (Å²) in [5.74, 6) is -7.35. The van der Waals surface area contributed by atoms with E-state index in [1.807, 2.05) is 41.5 Å². The van der Waals surface area contributed by atoms with E-state index in [-0.39, 0.29) is 13.1 Å². The number of carboxylic acid groups (broad SMARTS) is 2. The Labute approximate surface area is 263 Å². The Bertz CT molecular complexity index is 838. The molecule has 0 saturated heterocycles. The van der Waals surface area contributed by atoms with Crippen molar-refractivity contribution in [3.05, 3.63) is 0 Å². The van der Waals surface area contributed by atoms with Crippen LogP contribution in [0.5, 0.6) is 0 Å². The standard InChI is InChI=1S/C28H54N2O12Si2/c1-9-37-43(38-10-2,39-11-3)19-15-17-29-23(31)21-27(7,25(33)34)22(28(21,8)26(35)36)24(32)30-18-16-20-44(40-12-4,41-13-5)42-14-6/h21-22H,9-20H2,1-8H3,(H,29,31)(H,30,32)(H,33,34)(H,35,36). The van der Waals surface area contributed by atoms with Crippen molar-refractivity contribution < 1.29 is 55.9 Å². The van der Waals surface area contributed by atoms with Crippen LogP contribution in [0, 0.1) is 22.7 Å². The molecule has 0 aromatic carbocycles. The highest BCUT2D eigenvalue weighted by Gasteiger charge is 2.78. The van der Waals surface area contributed by atoms with Crippen molar-refractivity contribution >= 4 is 41.4 Å². The van der Waals surface area contributed by atoms with Crippen LogP contribution < -0.4 is 10.6 Å². The third-order valence-electron chi connectivity index (χ3n) is 7.95. The Morgan fingerprint density at radius 3 is 1.02 bits per heavy atom. The number of nitrogens with one attached hydrogen (secondary N) is 2. The molecule has 1 aliphatic rings. The number of amides is 2. The van der Waals surface area contributed by atoms with E-state index >= 15 is 0 Å². The van der Waals surface area contributed by atoms with E-state index in [2.05, 4.69) is 10.6 Å². The van der Waals surface area contributed by atoms with Crippen LogP contribution in [0.3, 0.4) is 0 Å². The van der Waals surface area contributed by atoms with Gasteiger partial charge in [0.05, 0.1) is 22.7 Å². The van der Waals surface area contributed by atoms with Gasteiger partial charge in [0.15, 0.2) is 0 Å². The molecule has 0 bridgehead atoms. The molecule has 0 atom stereocenters. The molecule has 1 saturated carbocycles. The summed E-state index contributed by atoms with van der Waals surface area (Å²) in [5.41, 5.74) is -3.91. The summed E-state index contributed by atoms with van der Waals surface area (Å²) >= 11 is 0. The van der Waals surface area contributed by atoms with Crippen LogP contribution in [0.25, 0.3) is 0 Å². The zero-order valence-electron chi connectivity index (χ0n) is 27.6. The largest absolute Gasteiger partial charge is 0.500 e. The van der Waals surface area contributed by atoms with Crippen LogP contribution in [-0.4, -0.2) is 104 Å². The highest BCUT2D eigenvalue weighted by molar-refractivity contribution is 6.61. The topological polar surface area (TPSA) is 188 Å². The Morgan fingerprint density at radius 1 is 0.568 bits per heavy atom. The minimum absolute atomic E-state index is 0.116. The monoisotopic (exact) mass is 666 g/mol. The second-order valence-corrected chi connectivity index (χ2v) is 16.3. The van der Waals surface area contributed by atoms with Crippen LogP contribution in [0.15, 0.2) is 0 Å². The molecule has 44 heavy (non-hydrogen) atoms. The van der Waals surface area contributed by atoms with E-state index < -0.39 is 64.0 Å². The number of aliphatic carboxylic acids is 2. The van der Waals surface area contributed by atoms with Gasteiger partial charge in [-0.15, -0.1) is 0 Å². The fraction of sp³-hybridized carbons (Fsp3) is 0.857. The van der Waals surface area contributed by atoms with E-state index in [9.17, 15) is 29.4 Å². The minimum Gasteiger partial charge on any atom is -0.481 e. The van der Waals surface area contributed by atoms with Gasteiger partial charge in [-0.1, -0.05) is 0 Å². The maximum atomic E-state index is 13.4. The number of hydrogen-bond acceptors (Lipinski definition) is 10. The van der Waals surface area contributed by atoms with Gasteiger partial charge in [0, 0.05) is 64.8 Å². The van der Waals surface area contributed by atoms with Crippen LogP contribution in [0.1, 0.15) is 68.2 Å². The van der Waals surface area contributed by atoms with E-state index in [4.69, 9.17) is 26.6 Å². The fourth-order valence-corrected chi connectivity index (χ4v) is 11.5. The first-order valence-corrected chi connectivity index (χ1v) is 19.5. The van der Waals surface area contributed by atoms with Crippen molar-refractivity contribution in [2.24, 2.45) is 22.7 Å². The molecular formula is C28H54N2O12Si2. The molecule has 4 N–H and O–H groups in total. The molecule has 0 aliphatic heterocycles. The van der Waals surface area contributed by atoms with Crippen LogP contribution in [0.2, 0.25) is 12.1 Å². The molecule has 16 heteroatoms. The molecule has 0 unspecified atom stereocenters. The van der Waals surface area contributed by atoms with Gasteiger partial charge >= 0.3 is 29.5 Å². The third kappa shape index (κ3) is 9.08. The molecule has 0 radical (unpaired) electrons. The average Bonchev–Trinajstić information content (AvgIpc) is 2.94. The van der Waals surface area contributed by atoms with Crippen molar-refractivity contribution in [1.29, 1.82) is 0 Å². The normalized spacial score (nSPS) is 23.5. The van der Waals surface area contributed by atoms with E-state index in [1.54, 1.807) is 0 Å². The molecule has 0 aromatic rings. The Hall–Kier alpha value is -1.93. The molecule has 1 rings (SSSR count). The number of rotatable bonds is 24. The smallest absolute Gasteiger partial charge is 0.481 e.